The van der Waals surface area contributed by atoms with Gasteiger partial charge in [0.05, 0.1) is 0 Å². The summed E-state index contributed by atoms with van der Waals surface area (Å²) in [6.07, 6.45) is 0.474. The van der Waals surface area contributed by atoms with Gasteiger partial charge in [0.2, 0.25) is 0 Å². The number of nitrogens with one attached hydrogen (secondary N) is 1. The molecule has 1 amide bonds. The maximum absolute atomic E-state index is 11.3. The van der Waals surface area contributed by atoms with E-state index >= 15 is 0 Å². The number of alkyl carbamates (subject to hydrolysis) is 1. The van der Waals surface area contributed by atoms with Crippen LogP contribution in [0, 0.1) is 11.8 Å². The molecule has 0 saturated carbocycles. The Bertz CT molecular complexity index is 209. The van der Waals surface area contributed by atoms with Crippen LogP contribution in [0.25, 0.3) is 0 Å². The van der Waals surface area contributed by atoms with E-state index in [1.807, 2.05) is 20.8 Å². The summed E-state index contributed by atoms with van der Waals surface area (Å²) in [7, 11) is 0. The SMILES string of the molecule is CC(C)C[C@H](CO)CNC(=O)OC(C)(C)C. The van der Waals surface area contributed by atoms with E-state index in [1.165, 1.54) is 0 Å². The zero-order chi connectivity index (χ0) is 12.8. The quantitative estimate of drug-likeness (QED) is 0.762. The Labute approximate surface area is 98.4 Å². The molecule has 2 N–H and O–H groups in total. The van der Waals surface area contributed by atoms with E-state index in [4.69, 9.17) is 9.84 Å². The van der Waals surface area contributed by atoms with Gasteiger partial charge in [-0.15, -0.1) is 0 Å². The van der Waals surface area contributed by atoms with E-state index in [2.05, 4.69) is 19.2 Å². The highest BCUT2D eigenvalue weighted by atomic mass is 16.6. The minimum atomic E-state index is -0.475. The zero-order valence-electron chi connectivity index (χ0n) is 11.0. The second kappa shape index (κ2) is 6.74. The fourth-order valence-corrected chi connectivity index (χ4v) is 1.43. The van der Waals surface area contributed by atoms with Crippen LogP contribution in [-0.4, -0.2) is 30.0 Å². The van der Waals surface area contributed by atoms with Crippen molar-refractivity contribution in [1.82, 2.24) is 5.32 Å². The number of ether oxygens (including phenoxy) is 1. The summed E-state index contributed by atoms with van der Waals surface area (Å²) < 4.78 is 5.11. The first-order chi connectivity index (χ1) is 7.24. The van der Waals surface area contributed by atoms with E-state index in [1.54, 1.807) is 0 Å². The summed E-state index contributed by atoms with van der Waals surface area (Å²) in [5.41, 5.74) is -0.475. The molecular weight excluding hydrogens is 206 g/mol. The van der Waals surface area contributed by atoms with Crippen molar-refractivity contribution >= 4 is 6.09 Å². The van der Waals surface area contributed by atoms with Gasteiger partial charge < -0.3 is 15.2 Å². The number of aliphatic hydroxyl groups excluding tert-OH is 1. The monoisotopic (exact) mass is 231 g/mol. The topological polar surface area (TPSA) is 58.6 Å². The van der Waals surface area contributed by atoms with E-state index in [0.29, 0.717) is 12.5 Å². The number of hydrogen-bond donors (Lipinski definition) is 2. The van der Waals surface area contributed by atoms with Crippen LogP contribution >= 0.6 is 0 Å². The van der Waals surface area contributed by atoms with Crippen molar-refractivity contribution in [2.24, 2.45) is 11.8 Å². The lowest BCUT2D eigenvalue weighted by Crippen LogP contribution is -2.36. The maximum atomic E-state index is 11.3. The van der Waals surface area contributed by atoms with Crippen molar-refractivity contribution in [3.8, 4) is 0 Å². The van der Waals surface area contributed by atoms with Gasteiger partial charge in [-0.05, 0) is 39.0 Å². The van der Waals surface area contributed by atoms with Gasteiger partial charge in [-0.2, -0.15) is 0 Å². The standard InChI is InChI=1S/C12H25NO3/c1-9(2)6-10(8-14)7-13-11(15)16-12(3,4)5/h9-10,14H,6-8H2,1-5H3,(H,13,15)/t10-/m0/s1. The van der Waals surface area contributed by atoms with Gasteiger partial charge in [0.15, 0.2) is 0 Å². The molecule has 4 nitrogen and oxygen atoms in total. The summed E-state index contributed by atoms with van der Waals surface area (Å²) in [4.78, 5) is 11.3. The number of amides is 1. The van der Waals surface area contributed by atoms with Gasteiger partial charge in [-0.25, -0.2) is 4.79 Å². The normalized spacial score (nSPS) is 13.7. The molecule has 1 atom stereocenters. The Morgan fingerprint density at radius 1 is 1.38 bits per heavy atom. The number of hydrogen-bond acceptors (Lipinski definition) is 3. The Morgan fingerprint density at radius 3 is 2.31 bits per heavy atom. The highest BCUT2D eigenvalue weighted by Crippen LogP contribution is 2.11. The summed E-state index contributed by atoms with van der Waals surface area (Å²) in [5, 5.41) is 11.8. The van der Waals surface area contributed by atoms with E-state index in [0.717, 1.165) is 6.42 Å². The van der Waals surface area contributed by atoms with Crippen LogP contribution in [0.4, 0.5) is 4.79 Å². The molecule has 0 rings (SSSR count). The molecule has 16 heavy (non-hydrogen) atoms. The third-order valence-corrected chi connectivity index (χ3v) is 2.00. The van der Waals surface area contributed by atoms with Crippen LogP contribution in [0.3, 0.4) is 0 Å². The minimum Gasteiger partial charge on any atom is -0.444 e. The minimum absolute atomic E-state index is 0.0912. The second-order valence-corrected chi connectivity index (χ2v) is 5.56. The van der Waals surface area contributed by atoms with Crippen molar-refractivity contribution in [1.29, 1.82) is 0 Å². The lowest BCUT2D eigenvalue weighted by molar-refractivity contribution is 0.0509. The van der Waals surface area contributed by atoms with E-state index < -0.39 is 11.7 Å². The predicted octanol–water partition coefficient (Wildman–Crippen LogP) is 2.17. The van der Waals surface area contributed by atoms with Crippen LogP contribution in [0.2, 0.25) is 0 Å². The molecule has 0 spiro atoms. The Hall–Kier alpha value is -0.770. The number of aliphatic hydroxyl groups is 1. The average molecular weight is 231 g/mol. The largest absolute Gasteiger partial charge is 0.444 e. The van der Waals surface area contributed by atoms with Crippen molar-refractivity contribution in [3.05, 3.63) is 0 Å². The van der Waals surface area contributed by atoms with Crippen molar-refractivity contribution in [3.63, 3.8) is 0 Å². The van der Waals surface area contributed by atoms with Crippen LogP contribution in [0.1, 0.15) is 41.0 Å². The second-order valence-electron chi connectivity index (χ2n) is 5.56. The molecule has 0 fully saturated rings. The van der Waals surface area contributed by atoms with Gasteiger partial charge in [0, 0.05) is 13.2 Å². The summed E-state index contributed by atoms with van der Waals surface area (Å²) in [6.45, 7) is 10.2. The molecule has 96 valence electrons. The van der Waals surface area contributed by atoms with Crippen LogP contribution in [0.5, 0.6) is 0 Å². The molecule has 0 bridgehead atoms. The van der Waals surface area contributed by atoms with Crippen LogP contribution in [0.15, 0.2) is 0 Å². The first-order valence-corrected chi connectivity index (χ1v) is 5.82. The third-order valence-electron chi connectivity index (χ3n) is 2.00. The van der Waals surface area contributed by atoms with Crippen molar-refractivity contribution in [2.75, 3.05) is 13.2 Å². The fourth-order valence-electron chi connectivity index (χ4n) is 1.43. The Morgan fingerprint density at radius 2 is 1.94 bits per heavy atom. The molecule has 0 saturated heterocycles. The summed E-state index contributed by atoms with van der Waals surface area (Å²) in [6, 6.07) is 0. The van der Waals surface area contributed by atoms with Gasteiger partial charge in [-0.1, -0.05) is 13.8 Å². The molecule has 0 aromatic rings. The van der Waals surface area contributed by atoms with Gasteiger partial charge in [0.25, 0.3) is 0 Å². The highest BCUT2D eigenvalue weighted by molar-refractivity contribution is 5.67. The average Bonchev–Trinajstić information content (AvgIpc) is 2.08. The number of rotatable bonds is 5. The molecule has 4 heteroatoms. The molecule has 0 aromatic carbocycles. The lowest BCUT2D eigenvalue weighted by Gasteiger charge is -2.21. The van der Waals surface area contributed by atoms with E-state index in [-0.39, 0.29) is 12.5 Å². The molecule has 0 aliphatic heterocycles. The maximum Gasteiger partial charge on any atom is 0.407 e. The lowest BCUT2D eigenvalue weighted by atomic mass is 9.98. The molecule has 0 heterocycles. The molecule has 0 aliphatic carbocycles. The Kier molecular flexibility index (Phi) is 6.41. The molecule has 0 unspecified atom stereocenters. The molecule has 0 aliphatic rings. The molecule has 0 aromatic heterocycles. The van der Waals surface area contributed by atoms with Gasteiger partial charge >= 0.3 is 6.09 Å². The van der Waals surface area contributed by atoms with Crippen LogP contribution < -0.4 is 5.32 Å². The predicted molar refractivity (Wildman–Crippen MR) is 64.3 cm³/mol. The Balaban J connectivity index is 3.88. The fraction of sp³-hybridized carbons (Fsp3) is 0.917. The summed E-state index contributed by atoms with van der Waals surface area (Å²) in [5.74, 6) is 0.616. The van der Waals surface area contributed by atoms with Crippen molar-refractivity contribution < 1.29 is 14.6 Å². The van der Waals surface area contributed by atoms with Gasteiger partial charge in [0.1, 0.15) is 5.60 Å². The number of carbonyl (C=O) groups excluding carboxylic acids is 1. The highest BCUT2D eigenvalue weighted by Gasteiger charge is 2.17. The number of carbonyl (C=O) groups is 1. The smallest absolute Gasteiger partial charge is 0.407 e. The zero-order valence-corrected chi connectivity index (χ0v) is 11.0. The van der Waals surface area contributed by atoms with E-state index in [9.17, 15) is 4.79 Å². The van der Waals surface area contributed by atoms with Crippen LogP contribution in [-0.2, 0) is 4.74 Å². The molecular formula is C12H25NO3. The third kappa shape index (κ3) is 8.53. The molecule has 0 radical (unpaired) electrons. The van der Waals surface area contributed by atoms with Gasteiger partial charge in [-0.3, -0.25) is 0 Å². The van der Waals surface area contributed by atoms with Crippen molar-refractivity contribution in [2.45, 2.75) is 46.6 Å². The first kappa shape index (κ1) is 15.2. The summed E-state index contributed by atoms with van der Waals surface area (Å²) >= 11 is 0. The first-order valence-electron chi connectivity index (χ1n) is 5.82.